The molecule has 0 bridgehead atoms. The zero-order valence-electron chi connectivity index (χ0n) is 33.2. The normalized spacial score (nSPS) is 13.4. The van der Waals surface area contributed by atoms with Crippen molar-refractivity contribution < 1.29 is 19.2 Å². The Balaban J connectivity index is 0.961. The van der Waals surface area contributed by atoms with Gasteiger partial charge in [-0.1, -0.05) is 96.1 Å². The van der Waals surface area contributed by atoms with Gasteiger partial charge in [0.05, 0.1) is 33.6 Å². The molecule has 6 heteroatoms. The van der Waals surface area contributed by atoms with E-state index in [0.29, 0.717) is 33.6 Å². The van der Waals surface area contributed by atoms with Crippen molar-refractivity contribution in [3.8, 4) is 44.5 Å². The molecule has 282 valence electrons. The molecule has 2 aliphatic rings. The second-order valence-corrected chi connectivity index (χ2v) is 15.6. The van der Waals surface area contributed by atoms with Gasteiger partial charge in [0.2, 0.25) is 0 Å². The van der Waals surface area contributed by atoms with E-state index in [4.69, 9.17) is 0 Å². The van der Waals surface area contributed by atoms with Crippen LogP contribution in [-0.4, -0.2) is 23.6 Å². The number of nitrogens with zero attached hydrogens (tertiary/aromatic N) is 2. The van der Waals surface area contributed by atoms with Crippen LogP contribution in [0.15, 0.2) is 133 Å². The molecule has 9 rings (SSSR count). The highest BCUT2D eigenvalue weighted by Crippen LogP contribution is 2.39. The van der Waals surface area contributed by atoms with Crippen LogP contribution < -0.4 is 9.80 Å². The molecular weight excluding hydrogens is 717 g/mol. The van der Waals surface area contributed by atoms with E-state index in [2.05, 4.69) is 24.3 Å². The predicted octanol–water partition coefficient (Wildman–Crippen LogP) is 11.8. The first-order valence-corrected chi connectivity index (χ1v) is 19.4. The van der Waals surface area contributed by atoms with Crippen LogP contribution in [-0.2, 0) is 0 Å². The topological polar surface area (TPSA) is 74.8 Å². The molecule has 7 aromatic rings. The standard InChI is InChI=1S/C52H40N2O4/c1-29-7-11-35(12-8-29)39-19-21-43-45(27-39)51(57)53(49(43)55)41-23-31(3)47(32(4)24-41)37-15-17-38(18-16-37)48-33(5)25-42(26-34(48)6)54-50(56)44-22-20-40(28-46(44)52(54)58)36-13-9-30(2)10-14-36/h7-28H,1-6H3. The molecule has 0 saturated heterocycles. The third kappa shape index (κ3) is 5.96. The van der Waals surface area contributed by atoms with E-state index in [9.17, 15) is 19.2 Å². The minimum absolute atomic E-state index is 0.321. The predicted molar refractivity (Wildman–Crippen MR) is 232 cm³/mol. The molecule has 0 N–H and O–H groups in total. The second kappa shape index (κ2) is 13.8. The highest BCUT2D eigenvalue weighted by molar-refractivity contribution is 6.35. The summed E-state index contributed by atoms with van der Waals surface area (Å²) >= 11 is 0. The molecule has 0 radical (unpaired) electrons. The van der Waals surface area contributed by atoms with Crippen molar-refractivity contribution in [3.05, 3.63) is 189 Å². The smallest absolute Gasteiger partial charge is 0.266 e. The maximum Gasteiger partial charge on any atom is 0.266 e. The summed E-state index contributed by atoms with van der Waals surface area (Å²) in [5.74, 6) is -1.29. The van der Waals surface area contributed by atoms with Crippen molar-refractivity contribution in [3.63, 3.8) is 0 Å². The molecular formula is C52H40N2O4. The van der Waals surface area contributed by atoms with Crippen LogP contribution in [0.5, 0.6) is 0 Å². The van der Waals surface area contributed by atoms with Gasteiger partial charge in [0, 0.05) is 0 Å². The van der Waals surface area contributed by atoms with E-state index in [0.717, 1.165) is 77.9 Å². The molecule has 2 aliphatic heterocycles. The highest BCUT2D eigenvalue weighted by Gasteiger charge is 2.38. The third-order valence-corrected chi connectivity index (χ3v) is 11.6. The van der Waals surface area contributed by atoms with Crippen LogP contribution in [0.1, 0.15) is 74.8 Å². The average molecular weight is 757 g/mol. The molecule has 0 saturated carbocycles. The number of amides is 4. The number of imide groups is 2. The summed E-state index contributed by atoms with van der Waals surface area (Å²) < 4.78 is 0. The van der Waals surface area contributed by atoms with E-state index in [1.807, 2.05) is 139 Å². The zero-order valence-corrected chi connectivity index (χ0v) is 33.2. The van der Waals surface area contributed by atoms with E-state index in [1.54, 1.807) is 12.1 Å². The van der Waals surface area contributed by atoms with Gasteiger partial charge in [-0.2, -0.15) is 0 Å². The summed E-state index contributed by atoms with van der Waals surface area (Å²) in [5.41, 5.74) is 16.7. The van der Waals surface area contributed by atoms with Crippen LogP contribution >= 0.6 is 0 Å². The first kappa shape index (κ1) is 36.5. The highest BCUT2D eigenvalue weighted by atomic mass is 16.2. The molecule has 58 heavy (non-hydrogen) atoms. The zero-order chi connectivity index (χ0) is 40.6. The Morgan fingerprint density at radius 1 is 0.293 bits per heavy atom. The third-order valence-electron chi connectivity index (χ3n) is 11.6. The summed E-state index contributed by atoms with van der Waals surface area (Å²) in [6.07, 6.45) is 0. The van der Waals surface area contributed by atoms with Crippen molar-refractivity contribution in [1.29, 1.82) is 0 Å². The van der Waals surface area contributed by atoms with Crippen molar-refractivity contribution in [1.82, 2.24) is 0 Å². The SMILES string of the molecule is Cc1ccc(-c2ccc3c(c2)C(=O)N(c2cc(C)c(-c4ccc(-c5c(C)cc(N6C(=O)c7ccc(-c8ccc(C)cc8)cc7C6=O)cc5C)cc4)c(C)c2)C3=O)cc1. The number of hydrogen-bond donors (Lipinski definition) is 0. The van der Waals surface area contributed by atoms with E-state index in [-0.39, 0.29) is 23.6 Å². The number of hydrogen-bond acceptors (Lipinski definition) is 4. The van der Waals surface area contributed by atoms with Gasteiger partial charge in [-0.15, -0.1) is 0 Å². The van der Waals surface area contributed by atoms with Crippen LogP contribution in [0, 0.1) is 41.5 Å². The van der Waals surface area contributed by atoms with Crippen LogP contribution in [0.25, 0.3) is 44.5 Å². The maximum atomic E-state index is 13.8. The largest absolute Gasteiger partial charge is 0.268 e. The fourth-order valence-corrected chi connectivity index (χ4v) is 8.66. The van der Waals surface area contributed by atoms with E-state index < -0.39 is 0 Å². The molecule has 0 unspecified atom stereocenters. The molecule has 6 nitrogen and oxygen atoms in total. The number of benzene rings is 7. The lowest BCUT2D eigenvalue weighted by Gasteiger charge is -2.20. The molecule has 7 aromatic carbocycles. The number of carbonyl (C=O) groups is 4. The molecule has 0 spiro atoms. The van der Waals surface area contributed by atoms with Crippen LogP contribution in [0.2, 0.25) is 0 Å². The first-order valence-electron chi connectivity index (χ1n) is 19.4. The van der Waals surface area contributed by atoms with Crippen molar-refractivity contribution in [2.45, 2.75) is 41.5 Å². The fourth-order valence-electron chi connectivity index (χ4n) is 8.66. The Morgan fingerprint density at radius 2 is 0.569 bits per heavy atom. The van der Waals surface area contributed by atoms with Gasteiger partial charge in [0.15, 0.2) is 0 Å². The molecule has 0 aromatic heterocycles. The van der Waals surface area contributed by atoms with E-state index >= 15 is 0 Å². The monoisotopic (exact) mass is 756 g/mol. The maximum absolute atomic E-state index is 13.8. The molecule has 0 atom stereocenters. The number of aryl methyl sites for hydroxylation is 6. The fraction of sp³-hybridized carbons (Fsp3) is 0.115. The summed E-state index contributed by atoms with van der Waals surface area (Å²) in [7, 11) is 0. The van der Waals surface area contributed by atoms with Crippen molar-refractivity contribution >= 4 is 35.0 Å². The summed E-state index contributed by atoms with van der Waals surface area (Å²) in [5, 5.41) is 0. The van der Waals surface area contributed by atoms with Crippen LogP contribution in [0.4, 0.5) is 11.4 Å². The lowest BCUT2D eigenvalue weighted by Crippen LogP contribution is -2.29. The molecule has 2 heterocycles. The van der Waals surface area contributed by atoms with Gasteiger partial charge in [-0.25, -0.2) is 9.80 Å². The minimum Gasteiger partial charge on any atom is -0.268 e. The second-order valence-electron chi connectivity index (χ2n) is 15.6. The van der Waals surface area contributed by atoms with E-state index in [1.165, 1.54) is 9.80 Å². The number of carbonyl (C=O) groups excluding carboxylic acids is 4. The van der Waals surface area contributed by atoms with Gasteiger partial charge in [-0.05, 0) is 157 Å². The number of fused-ring (bicyclic) bond motifs is 2. The molecule has 4 amide bonds. The first-order chi connectivity index (χ1) is 27.9. The molecule has 0 aliphatic carbocycles. The van der Waals surface area contributed by atoms with Gasteiger partial charge >= 0.3 is 0 Å². The average Bonchev–Trinajstić information content (AvgIpc) is 3.61. The number of rotatable bonds is 6. The van der Waals surface area contributed by atoms with Crippen molar-refractivity contribution in [2.75, 3.05) is 9.80 Å². The number of anilines is 2. The Bertz CT molecular complexity index is 2660. The Kier molecular flexibility index (Phi) is 8.66. The van der Waals surface area contributed by atoms with Gasteiger partial charge in [0.25, 0.3) is 23.6 Å². The van der Waals surface area contributed by atoms with Crippen molar-refractivity contribution in [2.24, 2.45) is 0 Å². The van der Waals surface area contributed by atoms with Gasteiger partial charge < -0.3 is 0 Å². The molecule has 0 fully saturated rings. The Hall–Kier alpha value is -7.18. The lowest BCUT2D eigenvalue weighted by atomic mass is 9.91. The summed E-state index contributed by atoms with van der Waals surface area (Å²) in [6.45, 7) is 12.1. The van der Waals surface area contributed by atoms with Gasteiger partial charge in [-0.3, -0.25) is 19.2 Å². The lowest BCUT2D eigenvalue weighted by molar-refractivity contribution is 0.0910. The minimum atomic E-state index is -0.322. The summed E-state index contributed by atoms with van der Waals surface area (Å²) in [6, 6.07) is 43.2. The van der Waals surface area contributed by atoms with Crippen LogP contribution in [0.3, 0.4) is 0 Å². The van der Waals surface area contributed by atoms with Gasteiger partial charge in [0.1, 0.15) is 0 Å². The Labute approximate surface area is 338 Å². The summed E-state index contributed by atoms with van der Waals surface area (Å²) in [4.78, 5) is 57.4. The Morgan fingerprint density at radius 3 is 0.897 bits per heavy atom. The quantitative estimate of drug-likeness (QED) is 0.158.